The minimum atomic E-state index is -5.10. The highest BCUT2D eigenvalue weighted by atomic mass is 19.4. The van der Waals surface area contributed by atoms with Crippen molar-refractivity contribution in [1.82, 2.24) is 0 Å². The molecule has 0 bridgehead atoms. The summed E-state index contributed by atoms with van der Waals surface area (Å²) in [7, 11) is 1.28. The zero-order valence-electron chi connectivity index (χ0n) is 25.1. The number of cyclic esters (lactones) is 1. The van der Waals surface area contributed by atoms with E-state index in [2.05, 4.69) is 0 Å². The van der Waals surface area contributed by atoms with E-state index < -0.39 is 76.4 Å². The third kappa shape index (κ3) is 7.60. The summed E-state index contributed by atoms with van der Waals surface area (Å²) in [5.74, 6) is -3.54. The van der Waals surface area contributed by atoms with Crippen molar-refractivity contribution >= 4 is 5.97 Å². The van der Waals surface area contributed by atoms with E-state index in [0.29, 0.717) is 23.3 Å². The number of aryl methyl sites for hydroxylation is 1. The van der Waals surface area contributed by atoms with Crippen molar-refractivity contribution < 1.29 is 58.2 Å². The Kier molecular flexibility index (Phi) is 9.76. The summed E-state index contributed by atoms with van der Waals surface area (Å²) in [4.78, 5) is 13.1. The van der Waals surface area contributed by atoms with Crippen molar-refractivity contribution in [1.29, 1.82) is 0 Å². The second-order valence-electron chi connectivity index (χ2n) is 11.7. The van der Waals surface area contributed by atoms with Gasteiger partial charge in [0, 0.05) is 18.1 Å². The molecule has 13 heteroatoms. The van der Waals surface area contributed by atoms with Gasteiger partial charge >= 0.3 is 24.5 Å². The lowest BCUT2D eigenvalue weighted by atomic mass is 9.76. The normalized spacial score (nSPS) is 20.5. The first-order valence-corrected chi connectivity index (χ1v) is 14.2. The maximum atomic E-state index is 14.3. The fourth-order valence-corrected chi connectivity index (χ4v) is 5.87. The molecule has 0 saturated carbocycles. The van der Waals surface area contributed by atoms with Crippen molar-refractivity contribution in [2.24, 2.45) is 11.8 Å². The van der Waals surface area contributed by atoms with Gasteiger partial charge in [0.15, 0.2) is 0 Å². The highest BCUT2D eigenvalue weighted by Crippen LogP contribution is 2.46. The molecular weight excluding hydrogens is 634 g/mol. The van der Waals surface area contributed by atoms with E-state index in [0.717, 1.165) is 18.2 Å². The number of alkyl halides is 9. The van der Waals surface area contributed by atoms with Gasteiger partial charge in [0.1, 0.15) is 17.7 Å². The number of rotatable bonds is 5. The van der Waals surface area contributed by atoms with Crippen LogP contribution in [0.3, 0.4) is 0 Å². The summed E-state index contributed by atoms with van der Waals surface area (Å²) in [6.45, 7) is 4.61. The molecule has 3 aromatic rings. The van der Waals surface area contributed by atoms with E-state index in [1.165, 1.54) is 33.1 Å². The van der Waals surface area contributed by atoms with E-state index >= 15 is 0 Å². The van der Waals surface area contributed by atoms with Crippen LogP contribution in [0.5, 0.6) is 5.75 Å². The molecule has 0 N–H and O–H groups in total. The maximum absolute atomic E-state index is 14.3. The molecule has 1 unspecified atom stereocenters. The van der Waals surface area contributed by atoms with Crippen LogP contribution in [0.4, 0.5) is 43.9 Å². The molecule has 1 aliphatic heterocycles. The molecule has 1 heterocycles. The Bertz CT molecular complexity index is 1560. The molecule has 0 radical (unpaired) electrons. The molecule has 46 heavy (non-hydrogen) atoms. The summed E-state index contributed by atoms with van der Waals surface area (Å²) in [5.41, 5.74) is -3.47. The Morgan fingerprint density at radius 1 is 0.804 bits per heavy atom. The Hall–Kier alpha value is -3.77. The Labute approximate surface area is 258 Å². The van der Waals surface area contributed by atoms with E-state index in [1.54, 1.807) is 6.92 Å². The second kappa shape index (κ2) is 12.8. The summed E-state index contributed by atoms with van der Waals surface area (Å²) >= 11 is 0. The zero-order chi connectivity index (χ0) is 34.4. The number of carbonyl (C=O) groups excluding carboxylic acids is 1. The molecular formula is C33H30F10O3. The van der Waals surface area contributed by atoms with E-state index in [1.807, 2.05) is 0 Å². The van der Waals surface area contributed by atoms with Crippen LogP contribution in [0.2, 0.25) is 0 Å². The number of methoxy groups -OCH3 is 1. The smallest absolute Gasteiger partial charge is 0.416 e. The number of esters is 1. The van der Waals surface area contributed by atoms with Gasteiger partial charge in [0.2, 0.25) is 0 Å². The van der Waals surface area contributed by atoms with Gasteiger partial charge in [-0.15, -0.1) is 0 Å². The van der Waals surface area contributed by atoms with Crippen LogP contribution < -0.4 is 4.74 Å². The van der Waals surface area contributed by atoms with Crippen LogP contribution in [-0.4, -0.2) is 13.1 Å². The molecule has 4 rings (SSSR count). The average Bonchev–Trinajstić information content (AvgIpc) is 2.96. The van der Waals surface area contributed by atoms with Crippen molar-refractivity contribution in [2.45, 2.75) is 70.6 Å². The predicted octanol–water partition coefficient (Wildman–Crippen LogP) is 10.7. The fourth-order valence-electron chi connectivity index (χ4n) is 5.87. The maximum Gasteiger partial charge on any atom is 0.416 e. The summed E-state index contributed by atoms with van der Waals surface area (Å²) in [6, 6.07) is 6.68. The molecule has 0 spiro atoms. The first-order chi connectivity index (χ1) is 21.2. The second-order valence-corrected chi connectivity index (χ2v) is 11.7. The minimum absolute atomic E-state index is 0.0130. The number of benzene rings is 3. The molecule has 3 aromatic carbocycles. The van der Waals surface area contributed by atoms with Crippen LogP contribution >= 0.6 is 0 Å². The largest absolute Gasteiger partial charge is 0.496 e. The topological polar surface area (TPSA) is 35.5 Å². The number of carbonyl (C=O) groups is 1. The summed E-state index contributed by atoms with van der Waals surface area (Å²) in [6.07, 6.45) is -16.4. The molecule has 3 nitrogen and oxygen atoms in total. The van der Waals surface area contributed by atoms with Crippen LogP contribution in [0.1, 0.15) is 78.5 Å². The van der Waals surface area contributed by atoms with Gasteiger partial charge in [-0.3, -0.25) is 4.79 Å². The van der Waals surface area contributed by atoms with E-state index in [4.69, 9.17) is 9.47 Å². The lowest BCUT2D eigenvalue weighted by Crippen LogP contribution is -2.27. The molecule has 0 aromatic heterocycles. The highest BCUT2D eigenvalue weighted by molar-refractivity contribution is 5.76. The van der Waals surface area contributed by atoms with Crippen molar-refractivity contribution in [3.8, 4) is 16.9 Å². The molecule has 1 saturated heterocycles. The quantitative estimate of drug-likeness (QED) is 0.201. The van der Waals surface area contributed by atoms with Crippen molar-refractivity contribution in [2.75, 3.05) is 7.11 Å². The Balaban J connectivity index is 1.72. The third-order valence-electron chi connectivity index (χ3n) is 8.48. The van der Waals surface area contributed by atoms with Gasteiger partial charge < -0.3 is 9.47 Å². The van der Waals surface area contributed by atoms with Gasteiger partial charge in [-0.2, -0.15) is 39.5 Å². The molecule has 250 valence electrons. The van der Waals surface area contributed by atoms with Gasteiger partial charge in [-0.25, -0.2) is 4.39 Å². The van der Waals surface area contributed by atoms with Crippen molar-refractivity contribution in [3.63, 3.8) is 0 Å². The average molecular weight is 665 g/mol. The van der Waals surface area contributed by atoms with Gasteiger partial charge in [-0.1, -0.05) is 19.9 Å². The molecule has 1 fully saturated rings. The lowest BCUT2D eigenvalue weighted by Gasteiger charge is -2.33. The van der Waals surface area contributed by atoms with Crippen LogP contribution in [0.15, 0.2) is 48.5 Å². The van der Waals surface area contributed by atoms with Gasteiger partial charge in [0.05, 0.1) is 23.8 Å². The molecule has 0 aliphatic carbocycles. The molecule has 0 amide bonds. The summed E-state index contributed by atoms with van der Waals surface area (Å²) in [5, 5.41) is 0. The van der Waals surface area contributed by atoms with Gasteiger partial charge in [0.25, 0.3) is 0 Å². The van der Waals surface area contributed by atoms with E-state index in [9.17, 15) is 48.7 Å². The first-order valence-electron chi connectivity index (χ1n) is 14.2. The Morgan fingerprint density at radius 2 is 1.39 bits per heavy atom. The van der Waals surface area contributed by atoms with Crippen LogP contribution in [0, 0.1) is 24.6 Å². The Morgan fingerprint density at radius 3 is 1.93 bits per heavy atom. The number of hydrogen-bond donors (Lipinski definition) is 0. The monoisotopic (exact) mass is 664 g/mol. The molecule has 1 aliphatic rings. The lowest BCUT2D eigenvalue weighted by molar-refractivity contribution is -0.155. The predicted molar refractivity (Wildman–Crippen MR) is 148 cm³/mol. The minimum Gasteiger partial charge on any atom is -0.496 e. The molecule has 4 atom stereocenters. The fraction of sp³-hybridized carbons (Fsp3) is 0.424. The van der Waals surface area contributed by atoms with Crippen molar-refractivity contribution in [3.05, 3.63) is 87.7 Å². The first kappa shape index (κ1) is 35.1. The standard InChI is InChI=1S/C33H30F10O3/c1-16-5-6-19(12-29(44)46-30(16)20-10-22(32(38,39)40)13-23(11-20)33(41,42)43)18(3)25-14-21(31(35,36)37)7-8-24(25)26-9-17(2)27(34)15-28(26)45-4/h7-11,13-16,18-19,30H,5-6,12H2,1-4H3/t16-,18-,19?,30+/m1/s1. The SMILES string of the molecule is COc1cc(F)c(C)cc1-c1ccc(C(F)(F)F)cc1[C@H](C)C1CC[C@@H](C)[C@@H](c2cc(C(F)(F)F)cc(C(F)(F)F)c2)OC(=O)C1. The van der Waals surface area contributed by atoms with E-state index in [-0.39, 0.29) is 42.2 Å². The highest BCUT2D eigenvalue weighted by Gasteiger charge is 2.40. The van der Waals surface area contributed by atoms with Gasteiger partial charge in [-0.05, 0) is 96.2 Å². The number of ether oxygens (including phenoxy) is 2. The number of halogens is 10. The number of hydrogen-bond acceptors (Lipinski definition) is 3. The zero-order valence-corrected chi connectivity index (χ0v) is 25.1. The van der Waals surface area contributed by atoms with Crippen LogP contribution in [-0.2, 0) is 28.1 Å². The summed E-state index contributed by atoms with van der Waals surface area (Å²) < 4.78 is 148. The third-order valence-corrected chi connectivity index (χ3v) is 8.48. The van der Waals surface area contributed by atoms with Crippen LogP contribution in [0.25, 0.3) is 11.1 Å².